The molecule has 4 heterocycles. The Morgan fingerprint density at radius 2 is 2.08 bits per heavy atom. The highest BCUT2D eigenvalue weighted by molar-refractivity contribution is 7.99. The third-order valence-electron chi connectivity index (χ3n) is 4.40. The lowest BCUT2D eigenvalue weighted by Crippen LogP contribution is -2.23. The molecule has 5 nitrogen and oxygen atoms in total. The van der Waals surface area contributed by atoms with Crippen molar-refractivity contribution in [1.29, 1.82) is 0 Å². The molecule has 26 heavy (non-hydrogen) atoms. The van der Waals surface area contributed by atoms with Crippen LogP contribution in [0, 0.1) is 13.8 Å². The summed E-state index contributed by atoms with van der Waals surface area (Å²) in [5.41, 5.74) is 1.11. The van der Waals surface area contributed by atoms with Gasteiger partial charge >= 0.3 is 0 Å². The monoisotopic (exact) mass is 402 g/mol. The maximum absolute atomic E-state index is 13.2. The van der Waals surface area contributed by atoms with E-state index in [9.17, 15) is 4.79 Å². The van der Waals surface area contributed by atoms with Crippen LogP contribution in [0.1, 0.15) is 30.2 Å². The van der Waals surface area contributed by atoms with E-state index in [1.807, 2.05) is 29.9 Å². The van der Waals surface area contributed by atoms with Crippen LogP contribution in [0.15, 0.2) is 32.8 Å². The third-order valence-corrected chi connectivity index (χ3v) is 7.34. The van der Waals surface area contributed by atoms with Gasteiger partial charge in [0.15, 0.2) is 5.16 Å². The largest absolute Gasteiger partial charge is 0.287 e. The van der Waals surface area contributed by atoms with Crippen molar-refractivity contribution in [2.24, 2.45) is 0 Å². The number of hydrogen-bond donors (Lipinski definition) is 0. The summed E-state index contributed by atoms with van der Waals surface area (Å²) in [6, 6.07) is 2.02. The Kier molecular flexibility index (Phi) is 4.81. The normalized spacial score (nSPS) is 11.7. The number of rotatable bonds is 5. The average molecular weight is 403 g/mol. The Labute approximate surface area is 163 Å². The summed E-state index contributed by atoms with van der Waals surface area (Å²) in [5.74, 6) is 0. The molecule has 0 radical (unpaired) electrons. The van der Waals surface area contributed by atoms with Crippen LogP contribution >= 0.6 is 34.4 Å². The second-order valence-electron chi connectivity index (χ2n) is 6.09. The molecule has 0 saturated heterocycles. The lowest BCUT2D eigenvalue weighted by Gasteiger charge is -2.11. The number of aryl methyl sites for hydroxylation is 2. The van der Waals surface area contributed by atoms with Gasteiger partial charge in [0.1, 0.15) is 21.0 Å². The van der Waals surface area contributed by atoms with E-state index in [1.54, 1.807) is 29.0 Å². The van der Waals surface area contributed by atoms with Crippen molar-refractivity contribution in [1.82, 2.24) is 19.5 Å². The summed E-state index contributed by atoms with van der Waals surface area (Å²) in [6.07, 6.45) is 3.55. The number of thiophene rings is 2. The van der Waals surface area contributed by atoms with E-state index in [0.717, 1.165) is 48.7 Å². The maximum atomic E-state index is 13.2. The zero-order valence-electron chi connectivity index (χ0n) is 14.8. The van der Waals surface area contributed by atoms with Gasteiger partial charge in [0.2, 0.25) is 0 Å². The summed E-state index contributed by atoms with van der Waals surface area (Å²) in [7, 11) is 0. The zero-order valence-corrected chi connectivity index (χ0v) is 17.2. The van der Waals surface area contributed by atoms with E-state index in [-0.39, 0.29) is 5.56 Å². The lowest BCUT2D eigenvalue weighted by molar-refractivity contribution is 0.558. The molecule has 0 aliphatic heterocycles. The van der Waals surface area contributed by atoms with E-state index < -0.39 is 0 Å². The fraction of sp³-hybridized carbons (Fsp3) is 0.333. The summed E-state index contributed by atoms with van der Waals surface area (Å²) < 4.78 is 1.82. The van der Waals surface area contributed by atoms with Crippen molar-refractivity contribution in [2.45, 2.75) is 50.3 Å². The van der Waals surface area contributed by atoms with Gasteiger partial charge in [-0.1, -0.05) is 13.3 Å². The molecule has 4 aromatic heterocycles. The van der Waals surface area contributed by atoms with E-state index >= 15 is 0 Å². The molecule has 4 rings (SSSR count). The van der Waals surface area contributed by atoms with Crippen LogP contribution in [-0.4, -0.2) is 19.5 Å². The van der Waals surface area contributed by atoms with E-state index in [4.69, 9.17) is 4.98 Å². The Bertz CT molecular complexity index is 1160. The molecule has 0 aliphatic carbocycles. The van der Waals surface area contributed by atoms with Gasteiger partial charge in [-0.2, -0.15) is 0 Å². The quantitative estimate of drug-likeness (QED) is 0.346. The van der Waals surface area contributed by atoms with Crippen LogP contribution < -0.4 is 5.56 Å². The molecule has 0 atom stereocenters. The first-order chi connectivity index (χ1) is 12.6. The van der Waals surface area contributed by atoms with E-state index in [0.29, 0.717) is 11.7 Å². The Balaban J connectivity index is 1.90. The van der Waals surface area contributed by atoms with Crippen molar-refractivity contribution in [3.63, 3.8) is 0 Å². The number of nitrogens with zero attached hydrogens (tertiary/aromatic N) is 4. The van der Waals surface area contributed by atoms with Crippen molar-refractivity contribution >= 4 is 54.9 Å². The first-order valence-electron chi connectivity index (χ1n) is 8.46. The van der Waals surface area contributed by atoms with Gasteiger partial charge in [0.25, 0.3) is 5.56 Å². The molecular formula is C18H18N4OS3. The van der Waals surface area contributed by atoms with Gasteiger partial charge in [-0.05, 0) is 49.0 Å². The average Bonchev–Trinajstić information content (AvgIpc) is 3.20. The van der Waals surface area contributed by atoms with Crippen LogP contribution in [-0.2, 0) is 6.54 Å². The smallest absolute Gasteiger partial charge is 0.263 e. The molecule has 0 fully saturated rings. The standard InChI is InChI=1S/C18H18N4OS3/c1-4-5-7-22-17(23)13-10(2)11(3)25-16(13)21-18(22)26-15-12-6-8-24-14(12)19-9-20-15/h6,8-9H,4-5,7H2,1-3H3. The highest BCUT2D eigenvalue weighted by Gasteiger charge is 2.18. The Hall–Kier alpha value is -1.77. The van der Waals surface area contributed by atoms with Gasteiger partial charge in [0.05, 0.1) is 5.39 Å². The molecule has 0 bridgehead atoms. The number of unbranched alkanes of at least 4 members (excludes halogenated alkanes) is 1. The van der Waals surface area contributed by atoms with E-state index in [2.05, 4.69) is 16.9 Å². The Morgan fingerprint density at radius 3 is 2.88 bits per heavy atom. The highest BCUT2D eigenvalue weighted by Crippen LogP contribution is 2.34. The molecule has 0 N–H and O–H groups in total. The fourth-order valence-electron chi connectivity index (χ4n) is 2.84. The topological polar surface area (TPSA) is 60.7 Å². The molecule has 8 heteroatoms. The van der Waals surface area contributed by atoms with Crippen LogP contribution in [0.5, 0.6) is 0 Å². The van der Waals surface area contributed by atoms with Crippen LogP contribution in [0.2, 0.25) is 0 Å². The second kappa shape index (κ2) is 7.09. The van der Waals surface area contributed by atoms with Gasteiger partial charge in [0, 0.05) is 16.8 Å². The van der Waals surface area contributed by atoms with Crippen molar-refractivity contribution in [3.05, 3.63) is 38.6 Å². The molecule has 4 aromatic rings. The van der Waals surface area contributed by atoms with Crippen molar-refractivity contribution in [3.8, 4) is 0 Å². The third kappa shape index (κ3) is 2.95. The minimum Gasteiger partial charge on any atom is -0.287 e. The molecule has 0 amide bonds. The predicted molar refractivity (Wildman–Crippen MR) is 110 cm³/mol. The van der Waals surface area contributed by atoms with Crippen LogP contribution in [0.25, 0.3) is 20.4 Å². The van der Waals surface area contributed by atoms with Gasteiger partial charge in [-0.15, -0.1) is 22.7 Å². The summed E-state index contributed by atoms with van der Waals surface area (Å²) in [4.78, 5) is 29.7. The fourth-order valence-corrected chi connectivity index (χ4v) is 5.68. The first kappa shape index (κ1) is 17.6. The molecule has 0 saturated carbocycles. The molecule has 0 spiro atoms. The zero-order chi connectivity index (χ0) is 18.3. The van der Waals surface area contributed by atoms with Gasteiger partial charge < -0.3 is 0 Å². The van der Waals surface area contributed by atoms with E-state index in [1.165, 1.54) is 11.8 Å². The Morgan fingerprint density at radius 1 is 1.23 bits per heavy atom. The minimum atomic E-state index is 0.0587. The van der Waals surface area contributed by atoms with Crippen molar-refractivity contribution < 1.29 is 0 Å². The van der Waals surface area contributed by atoms with Crippen LogP contribution in [0.4, 0.5) is 0 Å². The number of aromatic nitrogens is 4. The molecule has 0 aromatic carbocycles. The number of hydrogen-bond acceptors (Lipinski definition) is 7. The summed E-state index contributed by atoms with van der Waals surface area (Å²) >= 11 is 4.63. The molecule has 0 unspecified atom stereocenters. The minimum absolute atomic E-state index is 0.0587. The van der Waals surface area contributed by atoms with Crippen LogP contribution in [0.3, 0.4) is 0 Å². The summed E-state index contributed by atoms with van der Waals surface area (Å²) in [6.45, 7) is 6.85. The first-order valence-corrected chi connectivity index (χ1v) is 11.0. The number of fused-ring (bicyclic) bond motifs is 2. The van der Waals surface area contributed by atoms with Gasteiger partial charge in [-0.25, -0.2) is 15.0 Å². The molecule has 134 valence electrons. The van der Waals surface area contributed by atoms with Crippen molar-refractivity contribution in [2.75, 3.05) is 0 Å². The highest BCUT2D eigenvalue weighted by atomic mass is 32.2. The van der Waals surface area contributed by atoms with Gasteiger partial charge in [-0.3, -0.25) is 9.36 Å². The SMILES string of the molecule is CCCCn1c(Sc2ncnc3sccc23)nc2sc(C)c(C)c2c1=O. The predicted octanol–water partition coefficient (Wildman–Crippen LogP) is 5.03. The summed E-state index contributed by atoms with van der Waals surface area (Å²) in [5, 5.41) is 5.34. The lowest BCUT2D eigenvalue weighted by atomic mass is 10.2. The maximum Gasteiger partial charge on any atom is 0.263 e. The second-order valence-corrected chi connectivity index (χ2v) is 9.14. The molecular weight excluding hydrogens is 384 g/mol. The molecule has 0 aliphatic rings.